The molecule has 0 aliphatic carbocycles. The van der Waals surface area contributed by atoms with Gasteiger partial charge in [-0.2, -0.15) is 0 Å². The summed E-state index contributed by atoms with van der Waals surface area (Å²) >= 11 is 1.69. The Morgan fingerprint density at radius 3 is 3.00 bits per heavy atom. The molecule has 3 heterocycles. The molecule has 0 atom stereocenters. The van der Waals surface area contributed by atoms with Crippen LogP contribution in [0.4, 0.5) is 11.6 Å². The number of nitrogens with one attached hydrogen (secondary N) is 1. The van der Waals surface area contributed by atoms with E-state index in [-0.39, 0.29) is 0 Å². The van der Waals surface area contributed by atoms with E-state index in [0.717, 1.165) is 22.5 Å². The van der Waals surface area contributed by atoms with E-state index in [9.17, 15) is 0 Å². The van der Waals surface area contributed by atoms with E-state index < -0.39 is 0 Å². The van der Waals surface area contributed by atoms with Crippen molar-refractivity contribution in [3.63, 3.8) is 0 Å². The number of rotatable bonds is 4. The van der Waals surface area contributed by atoms with Crippen LogP contribution in [0.5, 0.6) is 0 Å². The number of aromatic nitrogens is 4. The van der Waals surface area contributed by atoms with Gasteiger partial charge < -0.3 is 11.1 Å². The highest BCUT2D eigenvalue weighted by Crippen LogP contribution is 2.28. The van der Waals surface area contributed by atoms with Gasteiger partial charge in [-0.15, -0.1) is 11.3 Å². The van der Waals surface area contributed by atoms with Crippen LogP contribution in [0, 0.1) is 0 Å². The minimum atomic E-state index is 0.466. The van der Waals surface area contributed by atoms with Crippen molar-refractivity contribution in [1.29, 1.82) is 0 Å². The van der Waals surface area contributed by atoms with Crippen molar-refractivity contribution in [2.24, 2.45) is 0 Å². The van der Waals surface area contributed by atoms with Crippen molar-refractivity contribution in [2.45, 2.75) is 19.9 Å². The second-order valence-corrected chi connectivity index (χ2v) is 5.37. The number of nitrogens with zero attached hydrogens (tertiary/aromatic N) is 4. The first kappa shape index (κ1) is 12.7. The van der Waals surface area contributed by atoms with Gasteiger partial charge in [0.15, 0.2) is 0 Å². The molecule has 0 bridgehead atoms. The van der Waals surface area contributed by atoms with Gasteiger partial charge in [0.05, 0.1) is 11.9 Å². The molecule has 3 N–H and O–H groups in total. The van der Waals surface area contributed by atoms with Crippen LogP contribution in [-0.4, -0.2) is 19.9 Å². The molecule has 102 valence electrons. The number of nitrogen functional groups attached to an aromatic ring is 1. The zero-order valence-corrected chi connectivity index (χ0v) is 11.8. The molecule has 3 aromatic rings. The van der Waals surface area contributed by atoms with Crippen LogP contribution in [0.25, 0.3) is 10.2 Å². The maximum atomic E-state index is 5.64. The lowest BCUT2D eigenvalue weighted by molar-refractivity contribution is 0.947. The summed E-state index contributed by atoms with van der Waals surface area (Å²) in [6.45, 7) is 2.61. The Balaban J connectivity index is 1.85. The molecule has 0 saturated heterocycles. The molecule has 0 saturated carbocycles. The van der Waals surface area contributed by atoms with E-state index in [4.69, 9.17) is 5.73 Å². The predicted molar refractivity (Wildman–Crippen MR) is 80.6 cm³/mol. The standard InChI is InChI=1S/C13H14N6S/c1-2-8-5-9-12(17-7-18-13(9)20-8)16-6-11-15-4-3-10(14)19-11/h3-5,7H,2,6H2,1H3,(H2,14,15,19)(H,16,17,18). The van der Waals surface area contributed by atoms with E-state index in [2.05, 4.69) is 38.2 Å². The first-order valence-corrected chi connectivity index (χ1v) is 7.12. The van der Waals surface area contributed by atoms with Crippen LogP contribution in [0.15, 0.2) is 24.7 Å². The monoisotopic (exact) mass is 286 g/mol. The van der Waals surface area contributed by atoms with E-state index in [0.29, 0.717) is 18.2 Å². The summed E-state index contributed by atoms with van der Waals surface area (Å²) in [5.74, 6) is 1.91. The Kier molecular flexibility index (Phi) is 3.42. The fraction of sp³-hybridized carbons (Fsp3) is 0.231. The van der Waals surface area contributed by atoms with Crippen LogP contribution in [0.3, 0.4) is 0 Å². The SMILES string of the molecule is CCc1cc2c(NCc3nccc(N)n3)ncnc2s1. The Bertz CT molecular complexity index is 739. The molecule has 0 unspecified atom stereocenters. The zero-order chi connectivity index (χ0) is 13.9. The van der Waals surface area contributed by atoms with Gasteiger partial charge in [-0.3, -0.25) is 0 Å². The summed E-state index contributed by atoms with van der Waals surface area (Å²) in [6, 6.07) is 3.79. The van der Waals surface area contributed by atoms with Crippen LogP contribution in [0.2, 0.25) is 0 Å². The highest BCUT2D eigenvalue weighted by atomic mass is 32.1. The zero-order valence-electron chi connectivity index (χ0n) is 11.0. The first-order valence-electron chi connectivity index (χ1n) is 6.31. The molecule has 3 aromatic heterocycles. The smallest absolute Gasteiger partial charge is 0.149 e. The molecule has 3 rings (SSSR count). The highest BCUT2D eigenvalue weighted by Gasteiger charge is 2.08. The van der Waals surface area contributed by atoms with Crippen molar-refractivity contribution in [1.82, 2.24) is 19.9 Å². The predicted octanol–water partition coefficient (Wildman–Crippen LogP) is 2.24. The van der Waals surface area contributed by atoms with Gasteiger partial charge in [-0.25, -0.2) is 19.9 Å². The lowest BCUT2D eigenvalue weighted by Crippen LogP contribution is -2.06. The molecular weight excluding hydrogens is 272 g/mol. The average Bonchev–Trinajstić information content (AvgIpc) is 2.89. The Morgan fingerprint density at radius 1 is 1.30 bits per heavy atom. The molecule has 0 radical (unpaired) electrons. The Morgan fingerprint density at radius 2 is 2.20 bits per heavy atom. The molecule has 0 aliphatic heterocycles. The minimum absolute atomic E-state index is 0.466. The third kappa shape index (κ3) is 2.53. The van der Waals surface area contributed by atoms with Crippen LogP contribution >= 0.6 is 11.3 Å². The number of fused-ring (bicyclic) bond motifs is 1. The van der Waals surface area contributed by atoms with E-state index >= 15 is 0 Å². The number of hydrogen-bond donors (Lipinski definition) is 2. The molecule has 20 heavy (non-hydrogen) atoms. The third-order valence-electron chi connectivity index (χ3n) is 2.87. The lowest BCUT2D eigenvalue weighted by atomic mass is 10.3. The van der Waals surface area contributed by atoms with Gasteiger partial charge in [0.1, 0.15) is 28.6 Å². The van der Waals surface area contributed by atoms with Crippen LogP contribution in [-0.2, 0) is 13.0 Å². The number of hydrogen-bond acceptors (Lipinski definition) is 7. The Hall–Kier alpha value is -2.28. The van der Waals surface area contributed by atoms with E-state index in [1.165, 1.54) is 4.88 Å². The average molecular weight is 286 g/mol. The second kappa shape index (κ2) is 5.38. The maximum absolute atomic E-state index is 5.64. The van der Waals surface area contributed by atoms with Gasteiger partial charge in [-0.05, 0) is 18.6 Å². The number of thiophene rings is 1. The van der Waals surface area contributed by atoms with Crippen molar-refractivity contribution in [3.8, 4) is 0 Å². The van der Waals surface area contributed by atoms with Crippen LogP contribution in [0.1, 0.15) is 17.6 Å². The number of nitrogens with two attached hydrogens (primary N) is 1. The molecular formula is C13H14N6S. The van der Waals surface area contributed by atoms with Gasteiger partial charge in [0, 0.05) is 11.1 Å². The van der Waals surface area contributed by atoms with Crippen LogP contribution < -0.4 is 11.1 Å². The van der Waals surface area contributed by atoms with Crippen molar-refractivity contribution < 1.29 is 0 Å². The fourth-order valence-electron chi connectivity index (χ4n) is 1.88. The number of anilines is 2. The maximum Gasteiger partial charge on any atom is 0.149 e. The molecule has 0 fully saturated rings. The summed E-state index contributed by atoms with van der Waals surface area (Å²) in [6.07, 6.45) is 4.22. The highest BCUT2D eigenvalue weighted by molar-refractivity contribution is 7.18. The minimum Gasteiger partial charge on any atom is -0.384 e. The summed E-state index contributed by atoms with van der Waals surface area (Å²) in [5, 5.41) is 4.28. The van der Waals surface area contributed by atoms with Gasteiger partial charge in [-0.1, -0.05) is 6.92 Å². The summed E-state index contributed by atoms with van der Waals surface area (Å²) in [7, 11) is 0. The van der Waals surface area contributed by atoms with Crippen molar-refractivity contribution >= 4 is 33.2 Å². The van der Waals surface area contributed by atoms with Crippen molar-refractivity contribution in [3.05, 3.63) is 35.4 Å². The summed E-state index contributed by atoms with van der Waals surface area (Å²) in [5.41, 5.74) is 5.64. The van der Waals surface area contributed by atoms with Gasteiger partial charge in [0.25, 0.3) is 0 Å². The summed E-state index contributed by atoms with van der Waals surface area (Å²) in [4.78, 5) is 19.2. The molecule has 0 spiro atoms. The van der Waals surface area contributed by atoms with Crippen molar-refractivity contribution in [2.75, 3.05) is 11.1 Å². The van der Waals surface area contributed by atoms with E-state index in [1.807, 2.05) is 0 Å². The summed E-state index contributed by atoms with van der Waals surface area (Å²) < 4.78 is 0. The Labute approximate surface area is 120 Å². The van der Waals surface area contributed by atoms with Gasteiger partial charge in [0.2, 0.25) is 0 Å². The fourth-order valence-corrected chi connectivity index (χ4v) is 2.82. The normalized spacial score (nSPS) is 10.8. The van der Waals surface area contributed by atoms with E-state index in [1.54, 1.807) is 29.9 Å². The second-order valence-electron chi connectivity index (χ2n) is 4.26. The molecule has 6 nitrogen and oxygen atoms in total. The lowest BCUT2D eigenvalue weighted by Gasteiger charge is -2.05. The topological polar surface area (TPSA) is 89.6 Å². The molecule has 0 aromatic carbocycles. The molecule has 0 aliphatic rings. The third-order valence-corrected chi connectivity index (χ3v) is 4.06. The first-order chi connectivity index (χ1) is 9.76. The molecule has 0 amide bonds. The quantitative estimate of drug-likeness (QED) is 0.764. The number of aryl methyl sites for hydroxylation is 1. The largest absolute Gasteiger partial charge is 0.384 e. The van der Waals surface area contributed by atoms with Gasteiger partial charge >= 0.3 is 0 Å². The molecule has 7 heteroatoms.